The second kappa shape index (κ2) is 5.77. The molecule has 7 heteroatoms. The van der Waals surface area contributed by atoms with Crippen LogP contribution in [-0.4, -0.2) is 23.2 Å². The van der Waals surface area contributed by atoms with Crippen LogP contribution in [0.5, 0.6) is 5.75 Å². The quantitative estimate of drug-likeness (QED) is 0.932. The first-order chi connectivity index (χ1) is 9.01. The molecule has 0 aliphatic heterocycles. The first-order valence-corrected chi connectivity index (χ1v) is 6.84. The van der Waals surface area contributed by atoms with Gasteiger partial charge in [-0.25, -0.2) is 4.98 Å². The first kappa shape index (κ1) is 14.1. The van der Waals surface area contributed by atoms with Gasteiger partial charge in [-0.05, 0) is 6.07 Å². The summed E-state index contributed by atoms with van der Waals surface area (Å²) in [6.45, 7) is 0. The molecule has 0 atom stereocenters. The number of carbonyl (C=O) groups is 1. The maximum atomic E-state index is 10.6. The van der Waals surface area contributed by atoms with Crippen molar-refractivity contribution in [2.45, 2.75) is 6.42 Å². The maximum Gasteiger partial charge on any atom is 0.310 e. The Bertz CT molecular complexity index is 627. The summed E-state index contributed by atoms with van der Waals surface area (Å²) >= 11 is 13.5. The van der Waals surface area contributed by atoms with Crippen LogP contribution in [0.2, 0.25) is 10.0 Å². The minimum atomic E-state index is -0.917. The van der Waals surface area contributed by atoms with Crippen LogP contribution in [0, 0.1) is 0 Å². The summed E-state index contributed by atoms with van der Waals surface area (Å²) in [7, 11) is 1.50. The monoisotopic (exact) mass is 317 g/mol. The number of halogens is 2. The number of carboxylic acids is 1. The van der Waals surface area contributed by atoms with Gasteiger partial charge in [0.15, 0.2) is 0 Å². The van der Waals surface area contributed by atoms with E-state index in [1.807, 2.05) is 0 Å². The molecular weight excluding hydrogens is 309 g/mol. The lowest BCUT2D eigenvalue weighted by molar-refractivity contribution is -0.136. The Labute approximate surface area is 123 Å². The molecule has 0 bridgehead atoms. The van der Waals surface area contributed by atoms with Crippen LogP contribution in [0.25, 0.3) is 11.3 Å². The number of carboxylic acid groups (broad SMARTS) is 1. The van der Waals surface area contributed by atoms with Crippen molar-refractivity contribution in [3.05, 3.63) is 32.6 Å². The molecular formula is C12H9Cl2NO3S. The van der Waals surface area contributed by atoms with Crippen molar-refractivity contribution in [1.29, 1.82) is 0 Å². The number of rotatable bonds is 4. The minimum Gasteiger partial charge on any atom is -0.495 e. The second-order valence-corrected chi connectivity index (χ2v) is 5.42. The van der Waals surface area contributed by atoms with Crippen molar-refractivity contribution in [2.75, 3.05) is 7.11 Å². The van der Waals surface area contributed by atoms with Gasteiger partial charge in [0, 0.05) is 17.0 Å². The van der Waals surface area contributed by atoms with Crippen molar-refractivity contribution >= 4 is 40.5 Å². The third-order valence-electron chi connectivity index (χ3n) is 2.37. The van der Waals surface area contributed by atoms with Crippen LogP contribution < -0.4 is 4.74 Å². The molecule has 2 rings (SSSR count). The zero-order chi connectivity index (χ0) is 14.0. The molecule has 0 aliphatic rings. The van der Waals surface area contributed by atoms with Crippen molar-refractivity contribution < 1.29 is 14.6 Å². The molecule has 100 valence electrons. The smallest absolute Gasteiger partial charge is 0.310 e. The van der Waals surface area contributed by atoms with Gasteiger partial charge in [-0.15, -0.1) is 11.3 Å². The van der Waals surface area contributed by atoms with Crippen LogP contribution in [0.1, 0.15) is 5.01 Å². The van der Waals surface area contributed by atoms with Crippen molar-refractivity contribution in [2.24, 2.45) is 0 Å². The van der Waals surface area contributed by atoms with E-state index in [1.165, 1.54) is 18.4 Å². The number of benzene rings is 1. The standard InChI is InChI=1S/C12H9Cl2NO3S/c1-18-10-3-7(13)6(2-8(10)14)9-5-19-11(15-9)4-12(16)17/h2-3,5H,4H2,1H3,(H,16,17). The molecule has 0 fully saturated rings. The average molecular weight is 318 g/mol. The molecule has 0 radical (unpaired) electrons. The molecule has 0 saturated carbocycles. The number of ether oxygens (including phenoxy) is 1. The van der Waals surface area contributed by atoms with E-state index in [1.54, 1.807) is 17.5 Å². The summed E-state index contributed by atoms with van der Waals surface area (Å²) in [6, 6.07) is 3.26. The number of hydrogen-bond acceptors (Lipinski definition) is 4. The van der Waals surface area contributed by atoms with Gasteiger partial charge in [-0.1, -0.05) is 23.2 Å². The summed E-state index contributed by atoms with van der Waals surface area (Å²) in [5.41, 5.74) is 1.26. The fraction of sp³-hybridized carbons (Fsp3) is 0.167. The summed E-state index contributed by atoms with van der Waals surface area (Å²) in [5.74, 6) is -0.434. The Morgan fingerprint density at radius 3 is 2.79 bits per heavy atom. The summed E-state index contributed by atoms with van der Waals surface area (Å²) in [6.07, 6.45) is -0.105. The molecule has 4 nitrogen and oxygen atoms in total. The zero-order valence-corrected chi connectivity index (χ0v) is 12.1. The molecule has 1 N–H and O–H groups in total. The SMILES string of the molecule is COc1cc(Cl)c(-c2csc(CC(=O)O)n2)cc1Cl. The van der Waals surface area contributed by atoms with Gasteiger partial charge >= 0.3 is 5.97 Å². The number of hydrogen-bond donors (Lipinski definition) is 1. The van der Waals surface area contributed by atoms with E-state index in [0.717, 1.165) is 0 Å². The number of aliphatic carboxylic acids is 1. The fourth-order valence-electron chi connectivity index (χ4n) is 1.53. The van der Waals surface area contributed by atoms with Gasteiger partial charge in [0.25, 0.3) is 0 Å². The number of thiazole rings is 1. The molecule has 0 aliphatic carbocycles. The van der Waals surface area contributed by atoms with E-state index < -0.39 is 5.97 Å². The highest BCUT2D eigenvalue weighted by Crippen LogP contribution is 2.36. The Morgan fingerprint density at radius 2 is 2.16 bits per heavy atom. The number of nitrogens with zero attached hydrogens (tertiary/aromatic N) is 1. The third kappa shape index (κ3) is 3.18. The topological polar surface area (TPSA) is 59.4 Å². The highest BCUT2D eigenvalue weighted by atomic mass is 35.5. The Hall–Kier alpha value is -1.30. The first-order valence-electron chi connectivity index (χ1n) is 5.21. The molecule has 19 heavy (non-hydrogen) atoms. The van der Waals surface area contributed by atoms with E-state index >= 15 is 0 Å². The number of aromatic nitrogens is 1. The van der Waals surface area contributed by atoms with Gasteiger partial charge in [0.2, 0.25) is 0 Å². The average Bonchev–Trinajstić information content (AvgIpc) is 2.79. The minimum absolute atomic E-state index is 0.105. The van der Waals surface area contributed by atoms with Gasteiger partial charge < -0.3 is 9.84 Å². The fourth-order valence-corrected chi connectivity index (χ4v) is 2.80. The van der Waals surface area contributed by atoms with Crippen LogP contribution in [-0.2, 0) is 11.2 Å². The maximum absolute atomic E-state index is 10.6. The molecule has 0 spiro atoms. The van der Waals surface area contributed by atoms with Crippen LogP contribution in [0.15, 0.2) is 17.5 Å². The van der Waals surface area contributed by atoms with Crippen molar-refractivity contribution in [1.82, 2.24) is 4.98 Å². The van der Waals surface area contributed by atoms with Crippen LogP contribution in [0.3, 0.4) is 0 Å². The molecule has 1 aromatic heterocycles. The molecule has 1 heterocycles. The van der Waals surface area contributed by atoms with Gasteiger partial charge in [-0.2, -0.15) is 0 Å². The van der Waals surface area contributed by atoms with Crippen molar-refractivity contribution in [3.63, 3.8) is 0 Å². The van der Waals surface area contributed by atoms with Gasteiger partial charge in [0.1, 0.15) is 10.8 Å². The lowest BCUT2D eigenvalue weighted by atomic mass is 10.1. The molecule has 1 aromatic carbocycles. The Morgan fingerprint density at radius 1 is 1.42 bits per heavy atom. The van der Waals surface area contributed by atoms with E-state index in [-0.39, 0.29) is 6.42 Å². The van der Waals surface area contributed by atoms with E-state index in [9.17, 15) is 4.79 Å². The predicted octanol–water partition coefficient (Wildman–Crippen LogP) is 3.75. The largest absolute Gasteiger partial charge is 0.495 e. The van der Waals surface area contributed by atoms with Crippen LogP contribution >= 0.6 is 34.5 Å². The Balaban J connectivity index is 2.39. The predicted molar refractivity (Wildman–Crippen MR) is 75.5 cm³/mol. The van der Waals surface area contributed by atoms with E-state index in [2.05, 4.69) is 4.98 Å². The Kier molecular flexibility index (Phi) is 4.29. The second-order valence-electron chi connectivity index (χ2n) is 3.66. The summed E-state index contributed by atoms with van der Waals surface area (Å²) in [4.78, 5) is 14.9. The summed E-state index contributed by atoms with van der Waals surface area (Å²) in [5, 5.41) is 11.9. The van der Waals surface area contributed by atoms with E-state index in [4.69, 9.17) is 33.0 Å². The van der Waals surface area contributed by atoms with E-state index in [0.29, 0.717) is 32.1 Å². The highest BCUT2D eigenvalue weighted by Gasteiger charge is 2.13. The molecule has 0 amide bonds. The lowest BCUT2D eigenvalue weighted by Crippen LogP contribution is -1.99. The molecule has 0 unspecified atom stereocenters. The summed E-state index contributed by atoms with van der Waals surface area (Å²) < 4.78 is 5.06. The van der Waals surface area contributed by atoms with Gasteiger partial charge in [0.05, 0.1) is 29.3 Å². The molecule has 2 aromatic rings. The van der Waals surface area contributed by atoms with Crippen molar-refractivity contribution in [3.8, 4) is 17.0 Å². The third-order valence-corrected chi connectivity index (χ3v) is 3.83. The molecule has 0 saturated heterocycles. The van der Waals surface area contributed by atoms with Crippen LogP contribution in [0.4, 0.5) is 0 Å². The normalized spacial score (nSPS) is 10.5. The van der Waals surface area contributed by atoms with Gasteiger partial charge in [-0.3, -0.25) is 4.79 Å². The lowest BCUT2D eigenvalue weighted by Gasteiger charge is -2.07. The zero-order valence-electron chi connectivity index (χ0n) is 9.81. The highest BCUT2D eigenvalue weighted by molar-refractivity contribution is 7.10. The number of methoxy groups -OCH3 is 1.